The van der Waals surface area contributed by atoms with E-state index in [1.54, 1.807) is 19.3 Å². The summed E-state index contributed by atoms with van der Waals surface area (Å²) in [6, 6.07) is 0. The highest BCUT2D eigenvalue weighted by atomic mass is 16.5. The van der Waals surface area contributed by atoms with E-state index in [4.69, 9.17) is 4.74 Å². The number of fused-ring (bicyclic) bond motifs is 1. The van der Waals surface area contributed by atoms with E-state index in [2.05, 4.69) is 0 Å². The van der Waals surface area contributed by atoms with Crippen molar-refractivity contribution in [3.05, 3.63) is 34.8 Å². The number of ether oxygens (including phenoxy) is 1. The molecule has 2 atom stereocenters. The molecule has 0 amide bonds. The quantitative estimate of drug-likeness (QED) is 0.758. The van der Waals surface area contributed by atoms with E-state index in [1.165, 1.54) is 0 Å². The summed E-state index contributed by atoms with van der Waals surface area (Å²) in [4.78, 5) is 12.1. The summed E-state index contributed by atoms with van der Waals surface area (Å²) in [5.74, 6) is 0.772. The number of ketones is 1. The van der Waals surface area contributed by atoms with Crippen LogP contribution < -0.4 is 0 Å². The summed E-state index contributed by atoms with van der Waals surface area (Å²) in [6.45, 7) is 7.48. The van der Waals surface area contributed by atoms with Gasteiger partial charge >= 0.3 is 0 Å². The molecule has 0 bridgehead atoms. The monoisotopic (exact) mass is 234 g/mol. The van der Waals surface area contributed by atoms with Gasteiger partial charge in [0.2, 0.25) is 0 Å². The van der Waals surface area contributed by atoms with E-state index >= 15 is 0 Å². The van der Waals surface area contributed by atoms with Gasteiger partial charge in [-0.15, -0.1) is 0 Å². The predicted molar refractivity (Wildman–Crippen MR) is 65.0 cm³/mol. The number of hydrogen-bond donors (Lipinski definition) is 1. The smallest absolute Gasteiger partial charge is 0.165 e. The lowest BCUT2D eigenvalue weighted by molar-refractivity contribution is -0.128. The van der Waals surface area contributed by atoms with Gasteiger partial charge in [0.1, 0.15) is 5.76 Å². The average molecular weight is 234 g/mol. The number of carbonyl (C=O) groups is 1. The molecule has 0 aromatic carbocycles. The van der Waals surface area contributed by atoms with Crippen LogP contribution in [-0.2, 0) is 9.53 Å². The molecule has 0 fully saturated rings. The third-order valence-corrected chi connectivity index (χ3v) is 4.08. The summed E-state index contributed by atoms with van der Waals surface area (Å²) < 4.78 is 5.41. The molecular formula is C14H18O3. The molecule has 0 saturated heterocycles. The Labute approximate surface area is 101 Å². The van der Waals surface area contributed by atoms with Gasteiger partial charge in [0.05, 0.1) is 17.8 Å². The molecule has 0 aromatic heterocycles. The Morgan fingerprint density at radius 1 is 1.47 bits per heavy atom. The molecule has 2 rings (SSSR count). The van der Waals surface area contributed by atoms with Gasteiger partial charge < -0.3 is 9.84 Å². The molecule has 3 nitrogen and oxygen atoms in total. The molecule has 0 aromatic rings. The number of rotatable bonds is 1. The van der Waals surface area contributed by atoms with Gasteiger partial charge in [0, 0.05) is 5.57 Å². The van der Waals surface area contributed by atoms with Crippen LogP contribution in [0.15, 0.2) is 34.8 Å². The van der Waals surface area contributed by atoms with Crippen LogP contribution in [0.2, 0.25) is 0 Å². The third kappa shape index (κ3) is 1.57. The maximum absolute atomic E-state index is 12.1. The Balaban J connectivity index is 2.56. The van der Waals surface area contributed by atoms with E-state index in [0.717, 1.165) is 22.5 Å². The first-order chi connectivity index (χ1) is 7.91. The van der Waals surface area contributed by atoms with E-state index in [9.17, 15) is 9.90 Å². The minimum atomic E-state index is -0.789. The van der Waals surface area contributed by atoms with Gasteiger partial charge in [-0.2, -0.15) is 0 Å². The minimum Gasteiger partial charge on any atom is -0.469 e. The lowest BCUT2D eigenvalue weighted by Gasteiger charge is -2.38. The van der Waals surface area contributed by atoms with Crippen LogP contribution in [0.3, 0.4) is 0 Å². The SMILES string of the molecule is CCC1(C)C(=O)C=C2C(=COC(C)=C2C)C1O. The molecule has 17 heavy (non-hydrogen) atoms. The van der Waals surface area contributed by atoms with Crippen molar-refractivity contribution in [2.75, 3.05) is 0 Å². The van der Waals surface area contributed by atoms with Gasteiger partial charge in [-0.25, -0.2) is 0 Å². The summed E-state index contributed by atoms with van der Waals surface area (Å²) >= 11 is 0. The summed E-state index contributed by atoms with van der Waals surface area (Å²) in [5, 5.41) is 10.4. The fraction of sp³-hybridized carbons (Fsp3) is 0.500. The van der Waals surface area contributed by atoms with Crippen LogP contribution in [0.1, 0.15) is 34.1 Å². The lowest BCUT2D eigenvalue weighted by Crippen LogP contribution is -2.44. The Bertz CT molecular complexity index is 468. The van der Waals surface area contributed by atoms with Crippen molar-refractivity contribution in [3.8, 4) is 0 Å². The second kappa shape index (κ2) is 3.84. The predicted octanol–water partition coefficient (Wildman–Crippen LogP) is 2.48. The number of carbonyl (C=O) groups excluding carboxylic acids is 1. The molecule has 1 heterocycles. The van der Waals surface area contributed by atoms with Crippen LogP contribution in [0.25, 0.3) is 0 Å². The van der Waals surface area contributed by atoms with E-state index < -0.39 is 11.5 Å². The van der Waals surface area contributed by atoms with Crippen LogP contribution >= 0.6 is 0 Å². The van der Waals surface area contributed by atoms with Gasteiger partial charge in [0.15, 0.2) is 5.78 Å². The number of aliphatic hydroxyl groups is 1. The van der Waals surface area contributed by atoms with Crippen molar-refractivity contribution in [1.29, 1.82) is 0 Å². The van der Waals surface area contributed by atoms with Crippen molar-refractivity contribution in [2.24, 2.45) is 5.41 Å². The van der Waals surface area contributed by atoms with E-state index in [-0.39, 0.29) is 5.78 Å². The zero-order valence-corrected chi connectivity index (χ0v) is 10.7. The second-order valence-electron chi connectivity index (χ2n) is 4.97. The minimum absolute atomic E-state index is 0.00583. The van der Waals surface area contributed by atoms with Crippen LogP contribution in [-0.4, -0.2) is 17.0 Å². The van der Waals surface area contributed by atoms with E-state index in [1.807, 2.05) is 20.8 Å². The molecular weight excluding hydrogens is 216 g/mol. The zero-order valence-electron chi connectivity index (χ0n) is 10.7. The summed E-state index contributed by atoms with van der Waals surface area (Å²) in [5.41, 5.74) is 1.73. The van der Waals surface area contributed by atoms with Crippen molar-refractivity contribution in [1.82, 2.24) is 0 Å². The Morgan fingerprint density at radius 3 is 2.71 bits per heavy atom. The molecule has 92 valence electrons. The zero-order chi connectivity index (χ0) is 12.8. The fourth-order valence-electron chi connectivity index (χ4n) is 2.25. The normalized spacial score (nSPS) is 32.8. The lowest BCUT2D eigenvalue weighted by atomic mass is 9.68. The number of allylic oxidation sites excluding steroid dienone is 3. The molecule has 2 unspecified atom stereocenters. The fourth-order valence-corrected chi connectivity index (χ4v) is 2.25. The Morgan fingerprint density at radius 2 is 2.12 bits per heavy atom. The molecule has 3 heteroatoms. The largest absolute Gasteiger partial charge is 0.469 e. The molecule has 1 N–H and O–H groups in total. The Kier molecular flexibility index (Phi) is 2.74. The van der Waals surface area contributed by atoms with Crippen molar-refractivity contribution in [2.45, 2.75) is 40.2 Å². The molecule has 0 saturated carbocycles. The first-order valence-corrected chi connectivity index (χ1v) is 5.91. The molecule has 0 spiro atoms. The molecule has 1 aliphatic heterocycles. The van der Waals surface area contributed by atoms with Crippen LogP contribution in [0.5, 0.6) is 0 Å². The van der Waals surface area contributed by atoms with Crippen LogP contribution in [0.4, 0.5) is 0 Å². The highest BCUT2D eigenvalue weighted by Gasteiger charge is 2.45. The summed E-state index contributed by atoms with van der Waals surface area (Å²) in [7, 11) is 0. The maximum Gasteiger partial charge on any atom is 0.165 e. The standard InChI is InChI=1S/C14H18O3/c1-5-14(4)12(15)6-10-8(2)9(3)17-7-11(10)13(14)16/h6-7,13,16H,5H2,1-4H3. The van der Waals surface area contributed by atoms with Crippen LogP contribution in [0, 0.1) is 5.41 Å². The summed E-state index contributed by atoms with van der Waals surface area (Å²) in [6.07, 6.45) is 3.03. The van der Waals surface area contributed by atoms with Gasteiger partial charge in [-0.05, 0) is 44.4 Å². The van der Waals surface area contributed by atoms with Crippen molar-refractivity contribution < 1.29 is 14.6 Å². The van der Waals surface area contributed by atoms with Gasteiger partial charge in [-0.1, -0.05) is 6.92 Å². The van der Waals surface area contributed by atoms with Gasteiger partial charge in [-0.3, -0.25) is 4.79 Å². The molecule has 0 radical (unpaired) electrons. The highest BCUT2D eigenvalue weighted by Crippen LogP contribution is 2.43. The molecule has 2 aliphatic rings. The highest BCUT2D eigenvalue weighted by molar-refractivity contribution is 5.99. The topological polar surface area (TPSA) is 46.5 Å². The Hall–Kier alpha value is -1.35. The van der Waals surface area contributed by atoms with E-state index in [0.29, 0.717) is 6.42 Å². The third-order valence-electron chi connectivity index (χ3n) is 4.08. The molecule has 1 aliphatic carbocycles. The maximum atomic E-state index is 12.1. The first kappa shape index (κ1) is 12.1. The number of hydrogen-bond acceptors (Lipinski definition) is 3. The van der Waals surface area contributed by atoms with Crippen molar-refractivity contribution >= 4 is 5.78 Å². The van der Waals surface area contributed by atoms with Gasteiger partial charge in [0.25, 0.3) is 0 Å². The first-order valence-electron chi connectivity index (χ1n) is 5.91. The second-order valence-corrected chi connectivity index (χ2v) is 4.97. The average Bonchev–Trinajstić information content (AvgIpc) is 2.32. The van der Waals surface area contributed by atoms with Crippen molar-refractivity contribution in [3.63, 3.8) is 0 Å². The number of aliphatic hydroxyl groups excluding tert-OH is 1.